The topological polar surface area (TPSA) is 94.9 Å². The van der Waals surface area contributed by atoms with E-state index in [2.05, 4.69) is 21.7 Å². The summed E-state index contributed by atoms with van der Waals surface area (Å²) in [4.78, 5) is 28.4. The van der Waals surface area contributed by atoms with E-state index < -0.39 is 5.91 Å². The molecule has 1 aliphatic carbocycles. The maximum atomic E-state index is 12.4. The van der Waals surface area contributed by atoms with E-state index in [0.717, 1.165) is 0 Å². The molecular weight excluding hydrogens is 363 g/mol. The predicted octanol–water partition coefficient (Wildman–Crippen LogP) is 3.74. The molecule has 25 heavy (non-hydrogen) atoms. The quantitative estimate of drug-likeness (QED) is 0.851. The molecule has 0 spiro atoms. The van der Waals surface area contributed by atoms with Gasteiger partial charge >= 0.3 is 0 Å². The molecular formula is C17H12Cl2N4O2. The van der Waals surface area contributed by atoms with Crippen molar-refractivity contribution in [3.05, 3.63) is 52.1 Å². The zero-order valence-corrected chi connectivity index (χ0v) is 14.3. The molecule has 0 saturated heterocycles. The average Bonchev–Trinajstić information content (AvgIpc) is 3.35. The van der Waals surface area contributed by atoms with Gasteiger partial charge in [-0.2, -0.15) is 5.26 Å². The lowest BCUT2D eigenvalue weighted by Crippen LogP contribution is -2.17. The lowest BCUT2D eigenvalue weighted by Gasteiger charge is -2.10. The third-order valence-electron chi connectivity index (χ3n) is 3.75. The van der Waals surface area contributed by atoms with Crippen LogP contribution in [-0.4, -0.2) is 16.8 Å². The average molecular weight is 375 g/mol. The molecule has 2 atom stereocenters. The second kappa shape index (κ2) is 7.09. The van der Waals surface area contributed by atoms with E-state index in [1.54, 1.807) is 24.3 Å². The molecule has 126 valence electrons. The molecule has 1 fully saturated rings. The Morgan fingerprint density at radius 1 is 1.20 bits per heavy atom. The number of rotatable bonds is 4. The first-order valence-electron chi connectivity index (χ1n) is 7.41. The van der Waals surface area contributed by atoms with Crippen molar-refractivity contribution in [1.82, 2.24) is 4.98 Å². The van der Waals surface area contributed by atoms with Crippen LogP contribution >= 0.6 is 23.2 Å². The molecule has 2 N–H and O–H groups in total. The zero-order valence-electron chi connectivity index (χ0n) is 12.8. The Hall–Kier alpha value is -2.62. The van der Waals surface area contributed by atoms with E-state index >= 15 is 0 Å². The molecule has 0 bridgehead atoms. The largest absolute Gasteiger partial charge is 0.322 e. The molecule has 2 amide bonds. The zero-order chi connectivity index (χ0) is 18.0. The highest BCUT2D eigenvalue weighted by Gasteiger charge is 2.43. The molecule has 6 nitrogen and oxygen atoms in total. The highest BCUT2D eigenvalue weighted by Crippen LogP contribution is 2.38. The first-order chi connectivity index (χ1) is 12.0. The molecule has 1 aromatic carbocycles. The molecule has 0 radical (unpaired) electrons. The molecule has 8 heteroatoms. The first-order valence-corrected chi connectivity index (χ1v) is 8.17. The Balaban J connectivity index is 1.71. The molecule has 3 rings (SSSR count). The summed E-state index contributed by atoms with van der Waals surface area (Å²) in [7, 11) is 0. The van der Waals surface area contributed by atoms with Crippen molar-refractivity contribution in [3.8, 4) is 6.07 Å². The number of benzene rings is 1. The van der Waals surface area contributed by atoms with Gasteiger partial charge in [-0.15, -0.1) is 0 Å². The van der Waals surface area contributed by atoms with Gasteiger partial charge in [0.2, 0.25) is 5.91 Å². The molecule has 1 aromatic heterocycles. The van der Waals surface area contributed by atoms with Crippen molar-refractivity contribution in [2.75, 3.05) is 10.6 Å². The monoisotopic (exact) mass is 374 g/mol. The summed E-state index contributed by atoms with van der Waals surface area (Å²) in [5, 5.41) is 14.6. The van der Waals surface area contributed by atoms with Gasteiger partial charge in [0.05, 0.1) is 33.5 Å². The van der Waals surface area contributed by atoms with Gasteiger partial charge in [0.25, 0.3) is 5.91 Å². The number of nitrogens with one attached hydrogen (secondary N) is 2. The molecule has 1 saturated carbocycles. The van der Waals surface area contributed by atoms with Crippen molar-refractivity contribution in [1.29, 1.82) is 5.26 Å². The first kappa shape index (κ1) is 17.2. The second-order valence-corrected chi connectivity index (χ2v) is 6.36. The summed E-state index contributed by atoms with van der Waals surface area (Å²) in [5.41, 5.74) is 0.599. The van der Waals surface area contributed by atoms with E-state index in [0.29, 0.717) is 12.1 Å². The van der Waals surface area contributed by atoms with E-state index in [-0.39, 0.29) is 39.2 Å². The SMILES string of the molecule is N#C[C@H]1C[C@@H]1C(=O)Nc1cc(NC(=O)c2c(Cl)cccc2Cl)ccn1. The Bertz CT molecular complexity index is 874. The van der Waals surface area contributed by atoms with Gasteiger partial charge in [-0.05, 0) is 24.6 Å². The van der Waals surface area contributed by atoms with Crippen molar-refractivity contribution in [2.45, 2.75) is 6.42 Å². The second-order valence-electron chi connectivity index (χ2n) is 5.55. The van der Waals surface area contributed by atoms with Crippen molar-refractivity contribution < 1.29 is 9.59 Å². The van der Waals surface area contributed by atoms with Gasteiger partial charge in [0.15, 0.2) is 0 Å². The number of amides is 2. The number of nitrogens with zero attached hydrogens (tertiary/aromatic N) is 2. The predicted molar refractivity (Wildman–Crippen MR) is 94.5 cm³/mol. The number of aromatic nitrogens is 1. The van der Waals surface area contributed by atoms with Gasteiger partial charge in [-0.1, -0.05) is 29.3 Å². The summed E-state index contributed by atoms with van der Waals surface area (Å²) < 4.78 is 0. The number of anilines is 2. The smallest absolute Gasteiger partial charge is 0.258 e. The number of hydrogen-bond acceptors (Lipinski definition) is 4. The van der Waals surface area contributed by atoms with Crippen LogP contribution in [-0.2, 0) is 4.79 Å². The highest BCUT2D eigenvalue weighted by atomic mass is 35.5. The molecule has 0 aliphatic heterocycles. The Morgan fingerprint density at radius 3 is 2.56 bits per heavy atom. The van der Waals surface area contributed by atoms with Crippen molar-refractivity contribution in [2.24, 2.45) is 11.8 Å². The van der Waals surface area contributed by atoms with Crippen LogP contribution in [0.5, 0.6) is 0 Å². The minimum Gasteiger partial charge on any atom is -0.322 e. The third-order valence-corrected chi connectivity index (χ3v) is 4.38. The number of pyridine rings is 1. The van der Waals surface area contributed by atoms with Gasteiger partial charge in [0.1, 0.15) is 5.82 Å². The van der Waals surface area contributed by atoms with Crippen LogP contribution in [0.15, 0.2) is 36.5 Å². The lowest BCUT2D eigenvalue weighted by atomic mass is 10.2. The molecule has 2 aromatic rings. The fourth-order valence-electron chi connectivity index (χ4n) is 2.33. The van der Waals surface area contributed by atoms with Gasteiger partial charge < -0.3 is 10.6 Å². The number of nitriles is 1. The van der Waals surface area contributed by atoms with E-state index in [4.69, 9.17) is 28.5 Å². The number of carbonyl (C=O) groups excluding carboxylic acids is 2. The Labute approximate surface area is 153 Å². The summed E-state index contributed by atoms with van der Waals surface area (Å²) in [6.07, 6.45) is 2.01. The van der Waals surface area contributed by atoms with Gasteiger partial charge in [-0.25, -0.2) is 4.98 Å². The summed E-state index contributed by atoms with van der Waals surface area (Å²) in [6.45, 7) is 0. The minimum atomic E-state index is -0.467. The van der Waals surface area contributed by atoms with Crippen LogP contribution < -0.4 is 10.6 Å². The Morgan fingerprint density at radius 2 is 1.92 bits per heavy atom. The van der Waals surface area contributed by atoms with Crippen LogP contribution in [0.3, 0.4) is 0 Å². The summed E-state index contributed by atoms with van der Waals surface area (Å²) in [6, 6.07) is 9.94. The fourth-order valence-corrected chi connectivity index (χ4v) is 2.90. The molecule has 0 unspecified atom stereocenters. The molecule has 1 heterocycles. The van der Waals surface area contributed by atoms with Gasteiger partial charge in [0, 0.05) is 18.0 Å². The van der Waals surface area contributed by atoms with Gasteiger partial charge in [-0.3, -0.25) is 9.59 Å². The van der Waals surface area contributed by atoms with Crippen LogP contribution in [0.4, 0.5) is 11.5 Å². The van der Waals surface area contributed by atoms with Crippen molar-refractivity contribution >= 4 is 46.5 Å². The summed E-state index contributed by atoms with van der Waals surface area (Å²) in [5.74, 6) is -0.962. The Kier molecular flexibility index (Phi) is 4.88. The molecule has 1 aliphatic rings. The lowest BCUT2D eigenvalue weighted by molar-refractivity contribution is -0.117. The number of carbonyl (C=O) groups is 2. The van der Waals surface area contributed by atoms with Crippen LogP contribution in [0.2, 0.25) is 10.0 Å². The van der Waals surface area contributed by atoms with Crippen LogP contribution in [0, 0.1) is 23.2 Å². The fraction of sp³-hybridized carbons (Fsp3) is 0.176. The number of halogens is 2. The standard InChI is InChI=1S/C17H12Cl2N4O2/c18-12-2-1-3-13(19)15(12)17(25)22-10-4-5-21-14(7-10)23-16(24)11-6-9(11)8-20/h1-5,7,9,11H,6H2,(H2,21,22,23,24,25)/t9-,11+/m1/s1. The van der Waals surface area contributed by atoms with Crippen molar-refractivity contribution in [3.63, 3.8) is 0 Å². The maximum Gasteiger partial charge on any atom is 0.258 e. The highest BCUT2D eigenvalue weighted by molar-refractivity contribution is 6.40. The van der Waals surface area contributed by atoms with E-state index in [1.165, 1.54) is 12.3 Å². The third kappa shape index (κ3) is 3.90. The minimum absolute atomic E-state index is 0.170. The normalized spacial score (nSPS) is 18.1. The van der Waals surface area contributed by atoms with E-state index in [1.807, 2.05) is 0 Å². The summed E-state index contributed by atoms with van der Waals surface area (Å²) >= 11 is 12.0. The number of hydrogen-bond donors (Lipinski definition) is 2. The van der Waals surface area contributed by atoms with Crippen LogP contribution in [0.1, 0.15) is 16.8 Å². The van der Waals surface area contributed by atoms with Crippen LogP contribution in [0.25, 0.3) is 0 Å². The van der Waals surface area contributed by atoms with E-state index in [9.17, 15) is 9.59 Å². The maximum absolute atomic E-state index is 12.4.